The lowest BCUT2D eigenvalue weighted by atomic mass is 9.91. The van der Waals surface area contributed by atoms with Crippen LogP contribution >= 0.6 is 15.9 Å². The zero-order chi connectivity index (χ0) is 16.3. The summed E-state index contributed by atoms with van der Waals surface area (Å²) in [4.78, 5) is 17.0. The lowest BCUT2D eigenvalue weighted by Crippen LogP contribution is -2.50. The number of likely N-dealkylation sites (N-methyl/N-ethyl adjacent to an activating group) is 1. The van der Waals surface area contributed by atoms with Crippen molar-refractivity contribution in [3.8, 4) is 0 Å². The zero-order valence-corrected chi connectivity index (χ0v) is 15.6. The summed E-state index contributed by atoms with van der Waals surface area (Å²) in [5.74, 6) is 1.47. The second-order valence-electron chi connectivity index (χ2n) is 6.87. The Kier molecular flexibility index (Phi) is 6.04. The molecule has 3 atom stereocenters. The second kappa shape index (κ2) is 7.60. The predicted molar refractivity (Wildman–Crippen MR) is 94.6 cm³/mol. The highest BCUT2D eigenvalue weighted by Gasteiger charge is 2.29. The summed E-state index contributed by atoms with van der Waals surface area (Å²) in [5.41, 5.74) is 1.21. The molecule has 0 saturated carbocycles. The molecule has 0 spiro atoms. The fourth-order valence-electron chi connectivity index (χ4n) is 3.33. The second-order valence-corrected chi connectivity index (χ2v) is 7.73. The monoisotopic (exact) mass is 366 g/mol. The number of hydrogen-bond acceptors (Lipinski definition) is 2. The molecule has 1 fully saturated rings. The Bertz CT molecular complexity index is 510. The van der Waals surface area contributed by atoms with Crippen molar-refractivity contribution in [2.24, 2.45) is 11.8 Å². The molecule has 2 rings (SSSR count). The summed E-state index contributed by atoms with van der Waals surface area (Å²) >= 11 is 3.58. The number of likely N-dealkylation sites (tertiary alicyclic amines) is 1. The van der Waals surface area contributed by atoms with E-state index < -0.39 is 0 Å². The van der Waals surface area contributed by atoms with Crippen LogP contribution in [0.1, 0.15) is 32.8 Å². The average molecular weight is 367 g/mol. The van der Waals surface area contributed by atoms with Crippen LogP contribution in [0.5, 0.6) is 0 Å². The van der Waals surface area contributed by atoms with Crippen LogP contribution in [-0.4, -0.2) is 41.9 Å². The number of halogens is 1. The molecule has 122 valence electrons. The lowest BCUT2D eigenvalue weighted by Gasteiger charge is -2.38. The van der Waals surface area contributed by atoms with Gasteiger partial charge in [0.1, 0.15) is 0 Å². The van der Waals surface area contributed by atoms with E-state index in [0.29, 0.717) is 11.8 Å². The Morgan fingerprint density at radius 3 is 2.50 bits per heavy atom. The SMILES string of the molecule is CC1CC(C)CN(C(=O)C(C)N(C)Cc2ccccc2Br)C1. The summed E-state index contributed by atoms with van der Waals surface area (Å²) in [7, 11) is 2.03. The Morgan fingerprint density at radius 2 is 1.91 bits per heavy atom. The van der Waals surface area contributed by atoms with Gasteiger partial charge in [0, 0.05) is 24.1 Å². The van der Waals surface area contributed by atoms with Crippen LogP contribution in [0.4, 0.5) is 0 Å². The van der Waals surface area contributed by atoms with Crippen LogP contribution in [0.3, 0.4) is 0 Å². The van der Waals surface area contributed by atoms with E-state index in [2.05, 4.69) is 45.6 Å². The van der Waals surface area contributed by atoms with E-state index in [1.54, 1.807) is 0 Å². The van der Waals surface area contributed by atoms with Gasteiger partial charge in [-0.15, -0.1) is 0 Å². The van der Waals surface area contributed by atoms with Crippen LogP contribution in [0.2, 0.25) is 0 Å². The topological polar surface area (TPSA) is 23.6 Å². The quantitative estimate of drug-likeness (QED) is 0.809. The molecule has 1 aromatic rings. The molecule has 1 aliphatic heterocycles. The number of benzene rings is 1. The minimum atomic E-state index is -0.0930. The molecule has 0 aliphatic carbocycles. The van der Waals surface area contributed by atoms with Crippen LogP contribution in [0.25, 0.3) is 0 Å². The Morgan fingerprint density at radius 1 is 1.32 bits per heavy atom. The van der Waals surface area contributed by atoms with Gasteiger partial charge in [0.05, 0.1) is 6.04 Å². The van der Waals surface area contributed by atoms with Gasteiger partial charge in [0.2, 0.25) is 5.91 Å². The van der Waals surface area contributed by atoms with Gasteiger partial charge >= 0.3 is 0 Å². The van der Waals surface area contributed by atoms with E-state index in [1.165, 1.54) is 12.0 Å². The van der Waals surface area contributed by atoms with E-state index >= 15 is 0 Å². The Hall–Kier alpha value is -0.870. The number of piperidine rings is 1. The van der Waals surface area contributed by atoms with E-state index in [4.69, 9.17) is 0 Å². The van der Waals surface area contributed by atoms with Gasteiger partial charge in [-0.3, -0.25) is 9.69 Å². The third-order valence-corrected chi connectivity index (χ3v) is 5.35. The van der Waals surface area contributed by atoms with E-state index in [1.807, 2.05) is 32.2 Å². The van der Waals surface area contributed by atoms with Crippen molar-refractivity contribution in [2.45, 2.75) is 39.8 Å². The van der Waals surface area contributed by atoms with Crippen molar-refractivity contribution in [3.63, 3.8) is 0 Å². The molecule has 1 heterocycles. The maximum absolute atomic E-state index is 12.8. The third-order valence-electron chi connectivity index (χ3n) is 4.58. The van der Waals surface area contributed by atoms with E-state index in [9.17, 15) is 4.79 Å². The highest BCUT2D eigenvalue weighted by atomic mass is 79.9. The molecular weight excluding hydrogens is 340 g/mol. The smallest absolute Gasteiger partial charge is 0.239 e. The first-order valence-corrected chi connectivity index (χ1v) is 8.90. The van der Waals surface area contributed by atoms with Crippen molar-refractivity contribution in [3.05, 3.63) is 34.3 Å². The van der Waals surface area contributed by atoms with Gasteiger partial charge in [0.15, 0.2) is 0 Å². The number of carbonyl (C=O) groups is 1. The number of amides is 1. The molecule has 3 nitrogen and oxygen atoms in total. The maximum Gasteiger partial charge on any atom is 0.239 e. The molecule has 3 unspecified atom stereocenters. The highest BCUT2D eigenvalue weighted by molar-refractivity contribution is 9.10. The molecule has 0 N–H and O–H groups in total. The average Bonchev–Trinajstić information content (AvgIpc) is 2.47. The first-order chi connectivity index (χ1) is 10.4. The van der Waals surface area contributed by atoms with Crippen LogP contribution < -0.4 is 0 Å². The van der Waals surface area contributed by atoms with Crippen molar-refractivity contribution < 1.29 is 4.79 Å². The number of carbonyl (C=O) groups excluding carboxylic acids is 1. The standard InChI is InChI=1S/C18H27BrN2O/c1-13-9-14(2)11-21(10-13)18(22)15(3)20(4)12-16-7-5-6-8-17(16)19/h5-8,13-15H,9-12H2,1-4H3. The molecule has 0 bridgehead atoms. The maximum atomic E-state index is 12.8. The fourth-order valence-corrected chi connectivity index (χ4v) is 3.74. The largest absolute Gasteiger partial charge is 0.341 e. The normalized spacial score (nSPS) is 23.6. The summed E-state index contributed by atoms with van der Waals surface area (Å²) in [6.45, 7) is 9.07. The number of nitrogens with zero attached hydrogens (tertiary/aromatic N) is 2. The molecule has 1 aromatic carbocycles. The Balaban J connectivity index is 1.99. The van der Waals surface area contributed by atoms with Gasteiger partial charge in [-0.2, -0.15) is 0 Å². The van der Waals surface area contributed by atoms with Crippen molar-refractivity contribution in [1.29, 1.82) is 0 Å². The first-order valence-electron chi connectivity index (χ1n) is 8.11. The van der Waals surface area contributed by atoms with E-state index in [-0.39, 0.29) is 11.9 Å². The molecular formula is C18H27BrN2O. The van der Waals surface area contributed by atoms with Crippen LogP contribution in [0, 0.1) is 11.8 Å². The molecule has 1 aliphatic rings. The predicted octanol–water partition coefficient (Wildman–Crippen LogP) is 3.77. The highest BCUT2D eigenvalue weighted by Crippen LogP contribution is 2.23. The van der Waals surface area contributed by atoms with Crippen LogP contribution in [-0.2, 0) is 11.3 Å². The van der Waals surface area contributed by atoms with Gasteiger partial charge in [-0.25, -0.2) is 0 Å². The van der Waals surface area contributed by atoms with Crippen molar-refractivity contribution >= 4 is 21.8 Å². The molecule has 1 amide bonds. The first kappa shape index (κ1) is 17.5. The fraction of sp³-hybridized carbons (Fsp3) is 0.611. The Labute approximate surface area is 142 Å². The zero-order valence-electron chi connectivity index (χ0n) is 14.1. The number of hydrogen-bond donors (Lipinski definition) is 0. The molecule has 0 aromatic heterocycles. The van der Waals surface area contributed by atoms with Crippen molar-refractivity contribution in [2.75, 3.05) is 20.1 Å². The summed E-state index contributed by atoms with van der Waals surface area (Å²) < 4.78 is 1.10. The van der Waals surface area contributed by atoms with Crippen LogP contribution in [0.15, 0.2) is 28.7 Å². The minimum absolute atomic E-state index is 0.0930. The third kappa shape index (κ3) is 4.32. The van der Waals surface area contributed by atoms with Gasteiger partial charge in [0.25, 0.3) is 0 Å². The van der Waals surface area contributed by atoms with E-state index in [0.717, 1.165) is 24.1 Å². The molecule has 1 saturated heterocycles. The summed E-state index contributed by atoms with van der Waals surface area (Å²) in [6.07, 6.45) is 1.23. The van der Waals surface area contributed by atoms with Crippen molar-refractivity contribution in [1.82, 2.24) is 9.80 Å². The summed E-state index contributed by atoms with van der Waals surface area (Å²) in [5, 5.41) is 0. The molecule has 4 heteroatoms. The molecule has 0 radical (unpaired) electrons. The van der Waals surface area contributed by atoms with Gasteiger partial charge in [-0.1, -0.05) is 48.0 Å². The minimum Gasteiger partial charge on any atom is -0.341 e. The molecule has 22 heavy (non-hydrogen) atoms. The lowest BCUT2D eigenvalue weighted by molar-refractivity contribution is -0.138. The summed E-state index contributed by atoms with van der Waals surface area (Å²) in [6, 6.07) is 8.10. The number of rotatable bonds is 4. The van der Waals surface area contributed by atoms with Gasteiger partial charge < -0.3 is 4.90 Å². The van der Waals surface area contributed by atoms with Gasteiger partial charge in [-0.05, 0) is 43.9 Å².